The molecule has 0 heterocycles. The highest BCUT2D eigenvalue weighted by Gasteiger charge is 2.27. The van der Waals surface area contributed by atoms with Gasteiger partial charge in [-0.3, -0.25) is 11.3 Å². The average Bonchev–Trinajstić information content (AvgIpc) is 2.07. The van der Waals surface area contributed by atoms with Gasteiger partial charge in [0.25, 0.3) is 0 Å². The van der Waals surface area contributed by atoms with Crippen molar-refractivity contribution in [2.24, 2.45) is 11.3 Å². The van der Waals surface area contributed by atoms with E-state index in [1.165, 1.54) is 6.07 Å². The van der Waals surface area contributed by atoms with Crippen LogP contribution in [-0.2, 0) is 0 Å². The number of halogens is 2. The molecule has 1 rings (SSSR count). The van der Waals surface area contributed by atoms with Crippen molar-refractivity contribution in [1.82, 2.24) is 5.43 Å². The molecule has 0 saturated heterocycles. The van der Waals surface area contributed by atoms with Crippen LogP contribution in [-0.4, -0.2) is 0 Å². The molecule has 1 atom stereocenters. The lowest BCUT2D eigenvalue weighted by Crippen LogP contribution is -2.37. The molecule has 0 amide bonds. The number of hydrogen-bond donors (Lipinski definition) is 2. The molecule has 0 aliphatic carbocycles. The summed E-state index contributed by atoms with van der Waals surface area (Å²) in [5.41, 5.74) is 3.12. The van der Waals surface area contributed by atoms with Crippen molar-refractivity contribution in [2.45, 2.75) is 26.8 Å². The molecule has 4 heteroatoms. The summed E-state index contributed by atoms with van der Waals surface area (Å²) in [4.78, 5) is 0. The van der Waals surface area contributed by atoms with E-state index in [2.05, 4.69) is 21.4 Å². The summed E-state index contributed by atoms with van der Waals surface area (Å²) in [7, 11) is 0. The van der Waals surface area contributed by atoms with Gasteiger partial charge >= 0.3 is 0 Å². The lowest BCUT2D eigenvalue weighted by atomic mass is 9.82. The van der Waals surface area contributed by atoms with Crippen molar-refractivity contribution in [3.05, 3.63) is 34.1 Å². The molecule has 84 valence electrons. The molecule has 3 N–H and O–H groups in total. The first-order chi connectivity index (χ1) is 6.86. The summed E-state index contributed by atoms with van der Waals surface area (Å²) in [6, 6.07) is 4.81. The van der Waals surface area contributed by atoms with Crippen LogP contribution >= 0.6 is 15.9 Å². The first-order valence-corrected chi connectivity index (χ1v) is 5.56. The fourth-order valence-electron chi connectivity index (χ4n) is 1.54. The fraction of sp³-hybridized carbons (Fsp3) is 0.455. The Labute approximate surface area is 98.1 Å². The third kappa shape index (κ3) is 3.00. The smallest absolute Gasteiger partial charge is 0.129 e. The molecular formula is C11H16BrFN2. The van der Waals surface area contributed by atoms with Crippen molar-refractivity contribution in [3.8, 4) is 0 Å². The first kappa shape index (κ1) is 12.6. The quantitative estimate of drug-likeness (QED) is 0.642. The van der Waals surface area contributed by atoms with Gasteiger partial charge < -0.3 is 0 Å². The maximum absolute atomic E-state index is 13.7. The van der Waals surface area contributed by atoms with Gasteiger partial charge in [-0.1, -0.05) is 42.8 Å². The molecule has 0 radical (unpaired) electrons. The second kappa shape index (κ2) is 4.60. The molecule has 0 aliphatic rings. The van der Waals surface area contributed by atoms with Crippen LogP contribution in [0.25, 0.3) is 0 Å². The van der Waals surface area contributed by atoms with Crippen LogP contribution in [0.2, 0.25) is 0 Å². The largest absolute Gasteiger partial charge is 0.271 e. The summed E-state index contributed by atoms with van der Waals surface area (Å²) < 4.78 is 14.4. The molecule has 1 unspecified atom stereocenters. The number of nitrogens with one attached hydrogen (secondary N) is 1. The van der Waals surface area contributed by atoms with Crippen LogP contribution in [0.5, 0.6) is 0 Å². The maximum atomic E-state index is 13.7. The van der Waals surface area contributed by atoms with E-state index in [0.29, 0.717) is 5.56 Å². The zero-order chi connectivity index (χ0) is 11.6. The molecule has 1 aromatic carbocycles. The molecule has 0 fully saturated rings. The summed E-state index contributed by atoms with van der Waals surface area (Å²) in [5, 5.41) is 0. The van der Waals surface area contributed by atoms with Crippen LogP contribution in [0, 0.1) is 11.2 Å². The van der Waals surface area contributed by atoms with Gasteiger partial charge in [0.15, 0.2) is 0 Å². The highest BCUT2D eigenvalue weighted by molar-refractivity contribution is 9.10. The third-order valence-corrected chi connectivity index (χ3v) is 2.80. The average molecular weight is 275 g/mol. The summed E-state index contributed by atoms with van der Waals surface area (Å²) >= 11 is 3.23. The van der Waals surface area contributed by atoms with E-state index in [9.17, 15) is 4.39 Å². The Kier molecular flexibility index (Phi) is 3.87. The lowest BCUT2D eigenvalue weighted by Gasteiger charge is -2.30. The molecule has 0 aromatic heterocycles. The van der Waals surface area contributed by atoms with Gasteiger partial charge in [-0.15, -0.1) is 0 Å². The molecule has 0 saturated carbocycles. The molecule has 0 bridgehead atoms. The number of rotatable bonds is 2. The van der Waals surface area contributed by atoms with E-state index in [4.69, 9.17) is 5.84 Å². The van der Waals surface area contributed by atoms with Crippen LogP contribution in [0.1, 0.15) is 32.4 Å². The first-order valence-electron chi connectivity index (χ1n) is 4.77. The Morgan fingerprint density at radius 1 is 1.40 bits per heavy atom. The summed E-state index contributed by atoms with van der Waals surface area (Å²) in [5.74, 6) is 5.22. The molecular weight excluding hydrogens is 259 g/mol. The van der Waals surface area contributed by atoms with Crippen molar-refractivity contribution in [1.29, 1.82) is 0 Å². The van der Waals surface area contributed by atoms with Crippen molar-refractivity contribution in [3.63, 3.8) is 0 Å². The summed E-state index contributed by atoms with van der Waals surface area (Å²) in [6.45, 7) is 6.04. The van der Waals surface area contributed by atoms with Gasteiger partial charge in [-0.2, -0.15) is 0 Å². The van der Waals surface area contributed by atoms with Gasteiger partial charge in [0.2, 0.25) is 0 Å². The number of nitrogens with two attached hydrogens (primary N) is 1. The Hall–Kier alpha value is -0.450. The normalized spacial score (nSPS) is 14.0. The predicted molar refractivity (Wildman–Crippen MR) is 63.6 cm³/mol. The second-order valence-corrected chi connectivity index (χ2v) is 5.55. The molecule has 1 aromatic rings. The van der Waals surface area contributed by atoms with Crippen LogP contribution in [0.4, 0.5) is 4.39 Å². The Morgan fingerprint density at radius 2 is 2.00 bits per heavy atom. The number of hydrogen-bond acceptors (Lipinski definition) is 2. The zero-order valence-electron chi connectivity index (χ0n) is 9.14. The van der Waals surface area contributed by atoms with Gasteiger partial charge in [0.1, 0.15) is 5.82 Å². The van der Waals surface area contributed by atoms with E-state index in [0.717, 1.165) is 4.47 Å². The van der Waals surface area contributed by atoms with E-state index in [1.54, 1.807) is 6.07 Å². The highest BCUT2D eigenvalue weighted by atomic mass is 79.9. The second-order valence-electron chi connectivity index (χ2n) is 4.63. The number of hydrazine groups is 1. The van der Waals surface area contributed by atoms with Gasteiger partial charge in [-0.25, -0.2) is 4.39 Å². The standard InChI is InChI=1S/C11H16BrFN2/c1-11(2,3)10(15-14)8-5-4-7(12)6-9(8)13/h4-6,10,15H,14H2,1-3H3. The maximum Gasteiger partial charge on any atom is 0.129 e. The van der Waals surface area contributed by atoms with Crippen molar-refractivity contribution in [2.75, 3.05) is 0 Å². The minimum atomic E-state index is -0.248. The lowest BCUT2D eigenvalue weighted by molar-refractivity contribution is 0.269. The van der Waals surface area contributed by atoms with Crippen molar-refractivity contribution >= 4 is 15.9 Å². The van der Waals surface area contributed by atoms with Crippen molar-refractivity contribution < 1.29 is 4.39 Å². The SMILES string of the molecule is CC(C)(C)C(NN)c1ccc(Br)cc1F. The Morgan fingerprint density at radius 3 is 2.40 bits per heavy atom. The minimum absolute atomic E-state index is 0.135. The zero-order valence-corrected chi connectivity index (χ0v) is 10.7. The Balaban J connectivity index is 3.13. The van der Waals surface area contributed by atoms with E-state index in [1.807, 2.05) is 26.8 Å². The van der Waals surface area contributed by atoms with E-state index >= 15 is 0 Å². The van der Waals surface area contributed by atoms with Crippen LogP contribution in [0.3, 0.4) is 0 Å². The fourth-order valence-corrected chi connectivity index (χ4v) is 1.88. The molecule has 0 aliphatic heterocycles. The summed E-state index contributed by atoms with van der Waals surface area (Å²) in [6.07, 6.45) is 0. The van der Waals surface area contributed by atoms with Gasteiger partial charge in [-0.05, 0) is 17.5 Å². The number of benzene rings is 1. The van der Waals surface area contributed by atoms with Crippen LogP contribution < -0.4 is 11.3 Å². The molecule has 0 spiro atoms. The topological polar surface area (TPSA) is 38.0 Å². The monoisotopic (exact) mass is 274 g/mol. The van der Waals surface area contributed by atoms with Crippen LogP contribution in [0.15, 0.2) is 22.7 Å². The third-order valence-electron chi connectivity index (χ3n) is 2.31. The Bertz CT molecular complexity index is 347. The predicted octanol–water partition coefficient (Wildman–Crippen LogP) is 3.14. The van der Waals surface area contributed by atoms with E-state index < -0.39 is 0 Å². The minimum Gasteiger partial charge on any atom is -0.271 e. The van der Waals surface area contributed by atoms with E-state index in [-0.39, 0.29) is 17.3 Å². The van der Waals surface area contributed by atoms with Gasteiger partial charge in [0.05, 0.1) is 6.04 Å². The van der Waals surface area contributed by atoms with Gasteiger partial charge in [0, 0.05) is 10.0 Å². The molecule has 2 nitrogen and oxygen atoms in total. The molecule has 15 heavy (non-hydrogen) atoms. The highest BCUT2D eigenvalue weighted by Crippen LogP contribution is 2.34.